The van der Waals surface area contributed by atoms with Gasteiger partial charge in [-0.15, -0.1) is 9.46 Å². The minimum Gasteiger partial charge on any atom is -0.492 e. The fraction of sp³-hybridized carbons (Fsp3) is 0.438. The zero-order valence-electron chi connectivity index (χ0n) is 14.5. The molecule has 0 fully saturated rings. The van der Waals surface area contributed by atoms with Crippen molar-refractivity contribution >= 4 is 5.97 Å². The molecule has 0 saturated carbocycles. The van der Waals surface area contributed by atoms with Crippen LogP contribution in [0.1, 0.15) is 12.8 Å². The van der Waals surface area contributed by atoms with E-state index in [0.717, 1.165) is 4.73 Å². The van der Waals surface area contributed by atoms with E-state index in [1.807, 2.05) is 0 Å². The Morgan fingerprint density at radius 1 is 0.741 bits per heavy atom. The largest absolute Gasteiger partial charge is 0.492 e. The van der Waals surface area contributed by atoms with Crippen molar-refractivity contribution in [3.63, 3.8) is 0 Å². The molecule has 0 spiro atoms. The highest BCUT2D eigenvalue weighted by molar-refractivity contribution is 5.70. The van der Waals surface area contributed by atoms with Gasteiger partial charge in [0.25, 0.3) is 0 Å². The molecule has 11 heteroatoms. The molecule has 2 aromatic rings. The van der Waals surface area contributed by atoms with Gasteiger partial charge in [-0.05, 0) is 0 Å². The second kappa shape index (κ2) is 10.2. The quantitative estimate of drug-likeness (QED) is 0.371. The lowest BCUT2D eigenvalue weighted by molar-refractivity contribution is -0.146. The lowest BCUT2D eigenvalue weighted by atomic mass is 10.5. The molecule has 0 saturated heterocycles. The zero-order valence-corrected chi connectivity index (χ0v) is 14.5. The van der Waals surface area contributed by atoms with Crippen LogP contribution >= 0.6 is 0 Å². The van der Waals surface area contributed by atoms with Gasteiger partial charge in [0, 0.05) is 30.7 Å². The molecule has 0 aromatic carbocycles. The maximum Gasteiger partial charge on any atom is 0.335 e. The summed E-state index contributed by atoms with van der Waals surface area (Å²) in [5, 5.41) is 37.4. The van der Waals surface area contributed by atoms with Crippen LogP contribution in [0.4, 0.5) is 0 Å². The molecule has 2 aromatic heterocycles. The number of ether oxygens (including phenoxy) is 2. The van der Waals surface area contributed by atoms with Gasteiger partial charge < -0.3 is 39.6 Å². The van der Waals surface area contributed by atoms with Crippen LogP contribution < -0.4 is 9.68 Å². The summed E-state index contributed by atoms with van der Waals surface area (Å²) < 4.78 is 12.1. The molecule has 0 amide bonds. The molecule has 27 heavy (non-hydrogen) atoms. The first-order valence-corrected chi connectivity index (χ1v) is 8.18. The van der Waals surface area contributed by atoms with Crippen molar-refractivity contribution in [2.45, 2.75) is 12.8 Å². The van der Waals surface area contributed by atoms with E-state index >= 15 is 0 Å². The Hall–Kier alpha value is -3.05. The molecule has 0 aliphatic heterocycles. The molecule has 0 aliphatic rings. The van der Waals surface area contributed by atoms with Crippen molar-refractivity contribution < 1.29 is 44.4 Å². The van der Waals surface area contributed by atoms with Crippen molar-refractivity contribution in [1.82, 2.24) is 9.46 Å². The summed E-state index contributed by atoms with van der Waals surface area (Å²) >= 11 is 0. The maximum absolute atomic E-state index is 11.5. The highest BCUT2D eigenvalue weighted by Gasteiger charge is 2.12. The number of carbonyl (C=O) groups is 1. The molecule has 0 bridgehead atoms. The van der Waals surface area contributed by atoms with E-state index in [1.54, 1.807) is 0 Å². The Balaban J connectivity index is 1.44. The summed E-state index contributed by atoms with van der Waals surface area (Å²) in [4.78, 5) is 21.4. The van der Waals surface area contributed by atoms with E-state index in [-0.39, 0.29) is 49.8 Å². The van der Waals surface area contributed by atoms with Gasteiger partial charge in [0.1, 0.15) is 6.61 Å². The van der Waals surface area contributed by atoms with Gasteiger partial charge in [-0.3, -0.25) is 0 Å². The molecule has 0 unspecified atom stereocenters. The Morgan fingerprint density at radius 2 is 1.26 bits per heavy atom. The summed E-state index contributed by atoms with van der Waals surface area (Å²) in [5.41, 5.74) is 0. The summed E-state index contributed by atoms with van der Waals surface area (Å²) in [5.74, 6) is -1.83. The van der Waals surface area contributed by atoms with Gasteiger partial charge in [-0.25, -0.2) is 4.79 Å². The minimum absolute atomic E-state index is 0.0608. The van der Waals surface area contributed by atoms with Crippen molar-refractivity contribution in [3.05, 3.63) is 24.3 Å². The van der Waals surface area contributed by atoms with Gasteiger partial charge in [-0.1, -0.05) is 0 Å². The third-order valence-corrected chi connectivity index (χ3v) is 3.26. The average molecular weight is 386 g/mol. The number of aromatic hydroxyl groups is 4. The normalized spacial score (nSPS) is 10.8. The Morgan fingerprint density at radius 3 is 1.85 bits per heavy atom. The minimum atomic E-state index is -0.675. The molecular formula is C16H22N2O9. The highest BCUT2D eigenvalue weighted by Crippen LogP contribution is 2.19. The van der Waals surface area contributed by atoms with Crippen molar-refractivity contribution in [2.24, 2.45) is 0 Å². The van der Waals surface area contributed by atoms with Crippen molar-refractivity contribution in [1.29, 1.82) is 0 Å². The predicted octanol–water partition coefficient (Wildman–Crippen LogP) is 0.00940. The van der Waals surface area contributed by atoms with Crippen molar-refractivity contribution in [3.8, 4) is 23.5 Å². The summed E-state index contributed by atoms with van der Waals surface area (Å²) in [6.45, 7) is 1.31. The number of nitrogens with zero attached hydrogens (tertiary/aromatic N) is 2. The van der Waals surface area contributed by atoms with Gasteiger partial charge in [0.05, 0.1) is 32.8 Å². The average Bonchev–Trinajstić information content (AvgIpc) is 3.13. The van der Waals surface area contributed by atoms with E-state index < -0.39 is 5.97 Å². The third kappa shape index (κ3) is 6.31. The standard InChI is InChI=1S/C16H22N2O9/c19-12-2-3-13(20)17(12)26-8-1-7-24-10-11-25-9-6-16(23)27-18-14(21)4-5-15(18)22/h2-5,19-22H,1,6-11H2. The summed E-state index contributed by atoms with van der Waals surface area (Å²) in [7, 11) is 0. The van der Waals surface area contributed by atoms with Crippen LogP contribution in [0.2, 0.25) is 0 Å². The monoisotopic (exact) mass is 386 g/mol. The Kier molecular flexibility index (Phi) is 7.64. The molecule has 150 valence electrons. The molecule has 0 radical (unpaired) electrons. The topological polar surface area (TPSA) is 145 Å². The van der Waals surface area contributed by atoms with Gasteiger partial charge in [0.15, 0.2) is 0 Å². The van der Waals surface area contributed by atoms with E-state index in [9.17, 15) is 25.2 Å². The molecule has 0 aliphatic carbocycles. The van der Waals surface area contributed by atoms with Gasteiger partial charge in [-0.2, -0.15) is 0 Å². The van der Waals surface area contributed by atoms with E-state index in [0.29, 0.717) is 24.4 Å². The Bertz CT molecular complexity index is 687. The van der Waals surface area contributed by atoms with Crippen LogP contribution in [0.15, 0.2) is 24.3 Å². The van der Waals surface area contributed by atoms with Crippen LogP contribution in [-0.2, 0) is 14.3 Å². The molecule has 2 rings (SSSR count). The molecule has 0 atom stereocenters. The maximum atomic E-state index is 11.5. The second-order valence-corrected chi connectivity index (χ2v) is 5.31. The lowest BCUT2D eigenvalue weighted by Gasteiger charge is -2.09. The summed E-state index contributed by atoms with van der Waals surface area (Å²) in [6.07, 6.45) is 0.474. The first-order valence-electron chi connectivity index (χ1n) is 8.18. The van der Waals surface area contributed by atoms with Crippen LogP contribution in [0.3, 0.4) is 0 Å². The van der Waals surface area contributed by atoms with E-state index in [4.69, 9.17) is 19.1 Å². The third-order valence-electron chi connectivity index (χ3n) is 3.26. The predicted molar refractivity (Wildman–Crippen MR) is 89.4 cm³/mol. The fourth-order valence-corrected chi connectivity index (χ4v) is 1.97. The number of hydrogen-bond donors (Lipinski definition) is 4. The number of rotatable bonds is 12. The zero-order chi connectivity index (χ0) is 19.6. The van der Waals surface area contributed by atoms with Crippen molar-refractivity contribution in [2.75, 3.05) is 33.0 Å². The summed E-state index contributed by atoms with van der Waals surface area (Å²) in [6, 6.07) is 4.99. The lowest BCUT2D eigenvalue weighted by Crippen LogP contribution is -2.20. The van der Waals surface area contributed by atoms with Gasteiger partial charge in [0.2, 0.25) is 23.5 Å². The molecule has 11 nitrogen and oxygen atoms in total. The first-order chi connectivity index (χ1) is 13.0. The van der Waals surface area contributed by atoms with Crippen LogP contribution in [-0.4, -0.2) is 68.9 Å². The number of aromatic nitrogens is 2. The van der Waals surface area contributed by atoms with Crippen LogP contribution in [0.5, 0.6) is 23.5 Å². The van der Waals surface area contributed by atoms with E-state index in [1.165, 1.54) is 24.3 Å². The number of hydrogen-bond acceptors (Lipinski definition) is 9. The van der Waals surface area contributed by atoms with E-state index in [2.05, 4.69) is 0 Å². The smallest absolute Gasteiger partial charge is 0.335 e. The molecule has 2 heterocycles. The van der Waals surface area contributed by atoms with Gasteiger partial charge >= 0.3 is 5.97 Å². The SMILES string of the molecule is O=C(CCOCCOCCCOn1c(O)ccc1O)On1c(O)ccc1O. The van der Waals surface area contributed by atoms with Crippen LogP contribution in [0, 0.1) is 0 Å². The molecular weight excluding hydrogens is 364 g/mol. The highest BCUT2D eigenvalue weighted by atomic mass is 16.7. The first kappa shape index (κ1) is 20.3. The van der Waals surface area contributed by atoms with Crippen LogP contribution in [0.25, 0.3) is 0 Å². The second-order valence-electron chi connectivity index (χ2n) is 5.31. The number of carbonyl (C=O) groups excluding carboxylic acids is 1. The fourth-order valence-electron chi connectivity index (χ4n) is 1.97. The Labute approximate surface area is 154 Å². The molecule has 4 N–H and O–H groups in total.